The highest BCUT2D eigenvalue weighted by Crippen LogP contribution is 2.24. The van der Waals surface area contributed by atoms with Gasteiger partial charge in [-0.1, -0.05) is 41.4 Å². The number of piperazine rings is 1. The van der Waals surface area contributed by atoms with Crippen molar-refractivity contribution in [1.82, 2.24) is 9.57 Å². The van der Waals surface area contributed by atoms with Crippen molar-refractivity contribution in [2.45, 2.75) is 26.4 Å². The second-order valence-electron chi connectivity index (χ2n) is 4.66. The van der Waals surface area contributed by atoms with Crippen molar-refractivity contribution in [3.63, 3.8) is 0 Å². The van der Waals surface area contributed by atoms with Gasteiger partial charge in [0.2, 0.25) is 0 Å². The first-order chi connectivity index (χ1) is 8.83. The molecule has 1 aromatic carbocycles. The molecule has 1 N–H and O–H groups in total. The van der Waals surface area contributed by atoms with Crippen LogP contribution in [0.2, 0.25) is 0 Å². The summed E-state index contributed by atoms with van der Waals surface area (Å²) in [6.07, 6.45) is 0. The number of nitrogens with one attached hydrogen (secondary N) is 1. The average Bonchev–Trinajstić information content (AvgIpc) is 2.60. The first kappa shape index (κ1) is 13.8. The number of hydrogen-bond acceptors (Lipinski definition) is 3. The standard InChI is InChI=1S/C12H18N3P.C2H6.H2/c16-15-6-5-14-8-10-3-1-2-4-12(10)13-7-11(14)9-15;1-2;/h1-4,11,13H,5-9,16H2;1-2H3;1H. The maximum absolute atomic E-state index is 3.57. The van der Waals surface area contributed by atoms with Gasteiger partial charge in [0.25, 0.3) is 0 Å². The lowest BCUT2D eigenvalue weighted by Gasteiger charge is -2.38. The molecule has 1 fully saturated rings. The number of nitrogens with zero attached hydrogens (tertiary/aromatic N) is 2. The number of para-hydroxylation sites is 1. The van der Waals surface area contributed by atoms with Gasteiger partial charge in [0.1, 0.15) is 0 Å². The van der Waals surface area contributed by atoms with E-state index in [-0.39, 0.29) is 1.43 Å². The van der Waals surface area contributed by atoms with Gasteiger partial charge in [0, 0.05) is 45.9 Å². The molecule has 0 bridgehead atoms. The Morgan fingerprint density at radius 1 is 1.28 bits per heavy atom. The van der Waals surface area contributed by atoms with E-state index in [1.54, 1.807) is 0 Å². The monoisotopic (exact) mass is 267 g/mol. The van der Waals surface area contributed by atoms with Crippen LogP contribution in [0.15, 0.2) is 24.3 Å². The molecule has 1 aromatic rings. The number of rotatable bonds is 0. The number of fused-ring (bicyclic) bond motifs is 2. The van der Waals surface area contributed by atoms with Gasteiger partial charge in [0.05, 0.1) is 0 Å². The molecule has 2 aliphatic heterocycles. The van der Waals surface area contributed by atoms with E-state index in [9.17, 15) is 0 Å². The number of benzene rings is 1. The second kappa shape index (κ2) is 6.51. The van der Waals surface area contributed by atoms with E-state index in [0.717, 1.165) is 26.2 Å². The van der Waals surface area contributed by atoms with Crippen molar-refractivity contribution in [3.8, 4) is 0 Å². The molecule has 2 aliphatic rings. The number of anilines is 1. The SMILES string of the molecule is CC.PN1CCN2Cc3ccccc3NCC2C1.[HH]. The molecule has 3 nitrogen and oxygen atoms in total. The van der Waals surface area contributed by atoms with Crippen LogP contribution in [0, 0.1) is 0 Å². The van der Waals surface area contributed by atoms with Crippen LogP contribution in [0.25, 0.3) is 0 Å². The van der Waals surface area contributed by atoms with E-state index >= 15 is 0 Å². The molecule has 3 rings (SSSR count). The molecule has 0 amide bonds. The van der Waals surface area contributed by atoms with Crippen LogP contribution in [0.4, 0.5) is 5.69 Å². The van der Waals surface area contributed by atoms with Crippen molar-refractivity contribution in [1.29, 1.82) is 0 Å². The molecule has 2 atom stereocenters. The zero-order valence-corrected chi connectivity index (χ0v) is 12.5. The topological polar surface area (TPSA) is 18.5 Å². The summed E-state index contributed by atoms with van der Waals surface area (Å²) >= 11 is 0. The minimum atomic E-state index is 0. The molecule has 0 aliphatic carbocycles. The van der Waals surface area contributed by atoms with E-state index < -0.39 is 0 Å². The molecule has 0 spiro atoms. The Bertz CT molecular complexity index is 389. The predicted octanol–water partition coefficient (Wildman–Crippen LogP) is 2.66. The molecular weight excluding hydrogens is 241 g/mol. The fourth-order valence-electron chi connectivity index (χ4n) is 2.60. The minimum Gasteiger partial charge on any atom is -0.383 e. The van der Waals surface area contributed by atoms with Crippen LogP contribution in [-0.2, 0) is 6.54 Å². The van der Waals surface area contributed by atoms with E-state index in [1.165, 1.54) is 17.8 Å². The van der Waals surface area contributed by atoms with Crippen LogP contribution in [0.1, 0.15) is 20.8 Å². The van der Waals surface area contributed by atoms with Crippen molar-refractivity contribution < 1.29 is 1.43 Å². The first-order valence-electron chi connectivity index (χ1n) is 6.88. The summed E-state index contributed by atoms with van der Waals surface area (Å²) in [4.78, 5) is 2.60. The summed E-state index contributed by atoms with van der Waals surface area (Å²) in [5.74, 6) is 0. The van der Waals surface area contributed by atoms with Crippen LogP contribution in [-0.4, -0.2) is 41.8 Å². The van der Waals surface area contributed by atoms with Gasteiger partial charge >= 0.3 is 0 Å². The molecule has 18 heavy (non-hydrogen) atoms. The van der Waals surface area contributed by atoms with Gasteiger partial charge in [-0.15, -0.1) is 0 Å². The van der Waals surface area contributed by atoms with E-state index in [0.29, 0.717) is 6.04 Å². The van der Waals surface area contributed by atoms with Gasteiger partial charge in [-0.2, -0.15) is 0 Å². The first-order valence-corrected chi connectivity index (χ1v) is 7.40. The Morgan fingerprint density at radius 2 is 2.06 bits per heavy atom. The summed E-state index contributed by atoms with van der Waals surface area (Å²) in [5, 5.41) is 3.57. The molecule has 102 valence electrons. The average molecular weight is 267 g/mol. The van der Waals surface area contributed by atoms with Gasteiger partial charge in [0.15, 0.2) is 0 Å². The summed E-state index contributed by atoms with van der Waals surface area (Å²) in [6.45, 7) is 9.62. The molecule has 1 saturated heterocycles. The predicted molar refractivity (Wildman–Crippen MR) is 83.9 cm³/mol. The lowest BCUT2D eigenvalue weighted by molar-refractivity contribution is 0.126. The third-order valence-corrected chi connectivity index (χ3v) is 4.02. The van der Waals surface area contributed by atoms with Crippen molar-refractivity contribution in [3.05, 3.63) is 29.8 Å². The summed E-state index contributed by atoms with van der Waals surface area (Å²) in [7, 11) is 2.83. The zero-order valence-electron chi connectivity index (χ0n) is 11.4. The summed E-state index contributed by atoms with van der Waals surface area (Å²) in [6, 6.07) is 9.30. The highest BCUT2D eigenvalue weighted by atomic mass is 31.0. The maximum Gasteiger partial charge on any atom is 0.0403 e. The molecular formula is C14H26N3P. The Balaban J connectivity index is 0.000000576. The molecule has 0 radical (unpaired) electrons. The molecule has 2 unspecified atom stereocenters. The van der Waals surface area contributed by atoms with Gasteiger partial charge < -0.3 is 5.32 Å². The highest BCUT2D eigenvalue weighted by Gasteiger charge is 2.27. The largest absolute Gasteiger partial charge is 0.383 e. The van der Waals surface area contributed by atoms with Crippen LogP contribution in [0.3, 0.4) is 0 Å². The van der Waals surface area contributed by atoms with Crippen molar-refractivity contribution >= 4 is 15.1 Å². The Morgan fingerprint density at radius 3 is 2.89 bits per heavy atom. The smallest absolute Gasteiger partial charge is 0.0403 e. The fourth-order valence-corrected chi connectivity index (χ4v) is 2.95. The van der Waals surface area contributed by atoms with Gasteiger partial charge in [-0.3, -0.25) is 9.57 Å². The van der Waals surface area contributed by atoms with E-state index in [4.69, 9.17) is 0 Å². The van der Waals surface area contributed by atoms with Gasteiger partial charge in [-0.05, 0) is 11.6 Å². The Labute approximate surface area is 114 Å². The third-order valence-electron chi connectivity index (χ3n) is 3.56. The maximum atomic E-state index is 3.57. The molecule has 4 heteroatoms. The lowest BCUT2D eigenvalue weighted by atomic mass is 10.1. The van der Waals surface area contributed by atoms with Crippen LogP contribution >= 0.6 is 9.39 Å². The van der Waals surface area contributed by atoms with Crippen LogP contribution < -0.4 is 5.32 Å². The summed E-state index contributed by atoms with van der Waals surface area (Å²) < 4.78 is 2.35. The molecule has 2 heterocycles. The van der Waals surface area contributed by atoms with Crippen LogP contribution in [0.5, 0.6) is 0 Å². The van der Waals surface area contributed by atoms with E-state index in [2.05, 4.69) is 48.5 Å². The van der Waals surface area contributed by atoms with Crippen molar-refractivity contribution in [2.75, 3.05) is 31.5 Å². The highest BCUT2D eigenvalue weighted by molar-refractivity contribution is 7.13. The van der Waals surface area contributed by atoms with Crippen molar-refractivity contribution in [2.24, 2.45) is 0 Å². The Kier molecular flexibility index (Phi) is 4.99. The minimum absolute atomic E-state index is 0. The Hall–Kier alpha value is -0.630. The number of hydrogen-bond donors (Lipinski definition) is 1. The normalized spacial score (nSPS) is 23.8. The molecule has 0 saturated carbocycles. The third kappa shape index (κ3) is 3.03. The molecule has 0 aromatic heterocycles. The summed E-state index contributed by atoms with van der Waals surface area (Å²) in [5.41, 5.74) is 2.74. The fraction of sp³-hybridized carbons (Fsp3) is 0.571. The van der Waals surface area contributed by atoms with Gasteiger partial charge in [-0.25, -0.2) is 0 Å². The lowest BCUT2D eigenvalue weighted by Crippen LogP contribution is -2.51. The second-order valence-corrected chi connectivity index (χ2v) is 5.39. The zero-order chi connectivity index (χ0) is 13.0. The quantitative estimate of drug-likeness (QED) is 0.729. The van der Waals surface area contributed by atoms with E-state index in [1.807, 2.05) is 13.8 Å².